The Balaban J connectivity index is 2.18. The van der Waals surface area contributed by atoms with Gasteiger partial charge in [0.2, 0.25) is 0 Å². The molecule has 1 N–H and O–H groups in total. The molecule has 0 heterocycles. The maximum atomic E-state index is 10.8. The van der Waals surface area contributed by atoms with E-state index < -0.39 is 5.97 Å². The summed E-state index contributed by atoms with van der Waals surface area (Å²) < 4.78 is 0. The molecule has 0 radical (unpaired) electrons. The van der Waals surface area contributed by atoms with Crippen LogP contribution in [0.4, 0.5) is 0 Å². The summed E-state index contributed by atoms with van der Waals surface area (Å²) in [7, 11) is 0. The summed E-state index contributed by atoms with van der Waals surface area (Å²) in [5.74, 6) is -0.303. The first-order valence-corrected chi connectivity index (χ1v) is 4.49. The van der Waals surface area contributed by atoms with Crippen LogP contribution in [0.1, 0.15) is 18.4 Å². The monoisotopic (exact) mass is 176 g/mol. The first-order valence-electron chi connectivity index (χ1n) is 4.49. The van der Waals surface area contributed by atoms with E-state index in [2.05, 4.69) is 0 Å². The van der Waals surface area contributed by atoms with Gasteiger partial charge in [0, 0.05) is 5.92 Å². The van der Waals surface area contributed by atoms with Gasteiger partial charge in [-0.1, -0.05) is 37.3 Å². The summed E-state index contributed by atoms with van der Waals surface area (Å²) >= 11 is 0. The number of aliphatic carboxylic acids is 1. The molecule has 1 aliphatic carbocycles. The third-order valence-corrected chi connectivity index (χ3v) is 2.85. The lowest BCUT2D eigenvalue weighted by Gasteiger charge is -1.96. The van der Waals surface area contributed by atoms with Gasteiger partial charge in [0.05, 0.1) is 5.92 Å². The first-order chi connectivity index (χ1) is 6.22. The summed E-state index contributed by atoms with van der Waals surface area (Å²) in [5.41, 5.74) is 1.16. The minimum absolute atomic E-state index is 0.164. The summed E-state index contributed by atoms with van der Waals surface area (Å²) in [6.07, 6.45) is 0. The Morgan fingerprint density at radius 1 is 1.31 bits per heavy atom. The van der Waals surface area contributed by atoms with Gasteiger partial charge in [-0.05, 0) is 11.5 Å². The lowest BCUT2D eigenvalue weighted by molar-refractivity contribution is -0.138. The number of hydrogen-bond donors (Lipinski definition) is 1. The third-order valence-electron chi connectivity index (χ3n) is 2.85. The Hall–Kier alpha value is -1.31. The lowest BCUT2D eigenvalue weighted by atomic mass is 10.1. The zero-order chi connectivity index (χ0) is 9.42. The molecule has 0 aliphatic heterocycles. The highest BCUT2D eigenvalue weighted by Gasteiger charge is 2.52. The number of benzene rings is 1. The first kappa shape index (κ1) is 8.30. The van der Waals surface area contributed by atoms with E-state index in [0.29, 0.717) is 5.92 Å². The molecule has 13 heavy (non-hydrogen) atoms. The van der Waals surface area contributed by atoms with Crippen LogP contribution in [0.25, 0.3) is 0 Å². The van der Waals surface area contributed by atoms with Crippen molar-refractivity contribution < 1.29 is 9.90 Å². The number of carbonyl (C=O) groups is 1. The summed E-state index contributed by atoms with van der Waals surface area (Å²) in [5, 5.41) is 8.86. The van der Waals surface area contributed by atoms with Gasteiger partial charge in [-0.25, -0.2) is 0 Å². The normalized spacial score (nSPS) is 31.3. The molecule has 0 aromatic heterocycles. The standard InChI is InChI=1S/C11H12O2/c1-7-9(10(7)11(12)13)8-5-3-2-4-6-8/h2-7,9-10H,1H3,(H,12,13). The molecule has 2 rings (SSSR count). The molecule has 1 aromatic carbocycles. The summed E-state index contributed by atoms with van der Waals surface area (Å²) in [4.78, 5) is 10.8. The Morgan fingerprint density at radius 3 is 2.38 bits per heavy atom. The molecule has 1 aromatic rings. The molecule has 68 valence electrons. The zero-order valence-corrected chi connectivity index (χ0v) is 7.47. The van der Waals surface area contributed by atoms with Crippen molar-refractivity contribution in [1.29, 1.82) is 0 Å². The number of hydrogen-bond acceptors (Lipinski definition) is 1. The predicted octanol–water partition coefficient (Wildman–Crippen LogP) is 2.12. The van der Waals surface area contributed by atoms with Gasteiger partial charge < -0.3 is 5.11 Å². The van der Waals surface area contributed by atoms with Gasteiger partial charge in [-0.15, -0.1) is 0 Å². The van der Waals surface area contributed by atoms with Gasteiger partial charge in [0.15, 0.2) is 0 Å². The number of carboxylic acid groups (broad SMARTS) is 1. The average Bonchev–Trinajstić information content (AvgIpc) is 2.79. The van der Waals surface area contributed by atoms with Gasteiger partial charge in [-0.3, -0.25) is 4.79 Å². The SMILES string of the molecule is CC1C(C(=O)O)C1c1ccccc1. The van der Waals surface area contributed by atoms with Gasteiger partial charge >= 0.3 is 5.97 Å². The van der Waals surface area contributed by atoms with E-state index in [0.717, 1.165) is 5.56 Å². The fourth-order valence-electron chi connectivity index (χ4n) is 2.03. The van der Waals surface area contributed by atoms with Crippen LogP contribution in [0.2, 0.25) is 0 Å². The van der Waals surface area contributed by atoms with Crippen molar-refractivity contribution in [3.63, 3.8) is 0 Å². The molecular weight excluding hydrogens is 164 g/mol. The molecule has 1 aliphatic rings. The van der Waals surface area contributed by atoms with E-state index in [4.69, 9.17) is 5.11 Å². The van der Waals surface area contributed by atoms with Gasteiger partial charge in [0.1, 0.15) is 0 Å². The average molecular weight is 176 g/mol. The Labute approximate surface area is 77.2 Å². The smallest absolute Gasteiger partial charge is 0.307 e. The van der Waals surface area contributed by atoms with E-state index in [9.17, 15) is 4.79 Å². The van der Waals surface area contributed by atoms with Crippen molar-refractivity contribution >= 4 is 5.97 Å². The molecule has 0 spiro atoms. The molecule has 3 atom stereocenters. The van der Waals surface area contributed by atoms with Crippen molar-refractivity contribution in [2.45, 2.75) is 12.8 Å². The van der Waals surface area contributed by atoms with Gasteiger partial charge in [-0.2, -0.15) is 0 Å². The van der Waals surface area contributed by atoms with Gasteiger partial charge in [0.25, 0.3) is 0 Å². The molecule has 2 heteroatoms. The maximum absolute atomic E-state index is 10.8. The maximum Gasteiger partial charge on any atom is 0.307 e. The highest BCUT2D eigenvalue weighted by atomic mass is 16.4. The summed E-state index contributed by atoms with van der Waals surface area (Å²) in [6, 6.07) is 9.87. The van der Waals surface area contributed by atoms with Crippen molar-refractivity contribution in [2.75, 3.05) is 0 Å². The Kier molecular flexibility index (Phi) is 1.83. The highest BCUT2D eigenvalue weighted by molar-refractivity contribution is 5.76. The van der Waals surface area contributed by atoms with Crippen LogP contribution in [-0.2, 0) is 4.79 Å². The van der Waals surface area contributed by atoms with Crippen molar-refractivity contribution in [3.05, 3.63) is 35.9 Å². The minimum Gasteiger partial charge on any atom is -0.481 e. The van der Waals surface area contributed by atoms with Crippen LogP contribution in [0.15, 0.2) is 30.3 Å². The zero-order valence-electron chi connectivity index (χ0n) is 7.47. The van der Waals surface area contributed by atoms with E-state index in [1.807, 2.05) is 37.3 Å². The van der Waals surface area contributed by atoms with Crippen LogP contribution in [0.3, 0.4) is 0 Å². The van der Waals surface area contributed by atoms with Crippen LogP contribution in [0, 0.1) is 11.8 Å². The minimum atomic E-state index is -0.665. The van der Waals surface area contributed by atoms with Crippen LogP contribution in [-0.4, -0.2) is 11.1 Å². The lowest BCUT2D eigenvalue weighted by Crippen LogP contribution is -1.99. The second-order valence-corrected chi connectivity index (χ2v) is 3.66. The number of carboxylic acids is 1. The number of rotatable bonds is 2. The molecule has 1 fully saturated rings. The largest absolute Gasteiger partial charge is 0.481 e. The predicted molar refractivity (Wildman–Crippen MR) is 49.5 cm³/mol. The molecule has 2 nitrogen and oxygen atoms in total. The molecule has 3 unspecified atom stereocenters. The fraction of sp³-hybridized carbons (Fsp3) is 0.364. The molecular formula is C11H12O2. The third kappa shape index (κ3) is 1.32. The van der Waals surface area contributed by atoms with E-state index in [1.54, 1.807) is 0 Å². The highest BCUT2D eigenvalue weighted by Crippen LogP contribution is 2.53. The topological polar surface area (TPSA) is 37.3 Å². The quantitative estimate of drug-likeness (QED) is 0.749. The fourth-order valence-corrected chi connectivity index (χ4v) is 2.03. The van der Waals surface area contributed by atoms with E-state index in [-0.39, 0.29) is 11.8 Å². The van der Waals surface area contributed by atoms with Crippen molar-refractivity contribution in [3.8, 4) is 0 Å². The van der Waals surface area contributed by atoms with Crippen molar-refractivity contribution in [1.82, 2.24) is 0 Å². The molecule has 0 bridgehead atoms. The van der Waals surface area contributed by atoms with Crippen LogP contribution < -0.4 is 0 Å². The molecule has 0 amide bonds. The molecule has 1 saturated carbocycles. The van der Waals surface area contributed by atoms with Crippen LogP contribution in [0.5, 0.6) is 0 Å². The van der Waals surface area contributed by atoms with E-state index >= 15 is 0 Å². The summed E-state index contributed by atoms with van der Waals surface area (Å²) in [6.45, 7) is 2.00. The Morgan fingerprint density at radius 2 is 1.92 bits per heavy atom. The van der Waals surface area contributed by atoms with Crippen LogP contribution >= 0.6 is 0 Å². The van der Waals surface area contributed by atoms with Crippen molar-refractivity contribution in [2.24, 2.45) is 11.8 Å². The molecule has 0 saturated heterocycles. The second kappa shape index (κ2) is 2.87. The Bertz CT molecular complexity index is 318. The van der Waals surface area contributed by atoms with E-state index in [1.165, 1.54) is 0 Å². The second-order valence-electron chi connectivity index (χ2n) is 3.66.